The Morgan fingerprint density at radius 1 is 0.265 bits per heavy atom. The van der Waals surface area contributed by atoms with E-state index < -0.39 is 254 Å². The van der Waals surface area contributed by atoms with Crippen LogP contribution in [0, 0.1) is 0 Å². The molecule has 0 saturated carbocycles. The number of nitrogens with one attached hydrogen (secondary N) is 1. The van der Waals surface area contributed by atoms with Crippen molar-refractivity contribution in [2.75, 3.05) is 165 Å². The van der Waals surface area contributed by atoms with Crippen molar-refractivity contribution in [2.45, 2.75) is 201 Å². The van der Waals surface area contributed by atoms with Crippen LogP contribution in [0.1, 0.15) is 6.92 Å². The molecule has 0 aromatic carbocycles. The zero-order valence-electron chi connectivity index (χ0n) is 56.9. The van der Waals surface area contributed by atoms with Crippen molar-refractivity contribution in [2.24, 2.45) is 0 Å². The van der Waals surface area contributed by atoms with Gasteiger partial charge >= 0.3 is 0 Å². The number of rotatable bonds is 28. The van der Waals surface area contributed by atoms with Gasteiger partial charge < -0.3 is 194 Å². The highest BCUT2D eigenvalue weighted by molar-refractivity contribution is 5.05. The summed E-state index contributed by atoms with van der Waals surface area (Å²) in [6, 6.07) is -10.7. The molecule has 6 aliphatic heterocycles. The van der Waals surface area contributed by atoms with Crippen molar-refractivity contribution in [3.8, 4) is 0 Å². The molecule has 0 bridgehead atoms. The fourth-order valence-electron chi connectivity index (χ4n) is 13.1. The second-order valence-electron chi connectivity index (χ2n) is 25.7. The van der Waals surface area contributed by atoms with Crippen molar-refractivity contribution < 1.29 is 189 Å². The number of aliphatic hydroxyl groups is 37. The lowest BCUT2D eigenvalue weighted by molar-refractivity contribution is -0.194. The summed E-state index contributed by atoms with van der Waals surface area (Å²) >= 11 is 0. The third-order valence-corrected chi connectivity index (χ3v) is 19.5. The third-order valence-electron chi connectivity index (χ3n) is 19.5. The van der Waals surface area contributed by atoms with E-state index in [9.17, 15) is 117 Å². The number of piperidine rings is 6. The maximum Gasteiger partial charge on any atom is 0.109 e. The minimum atomic E-state index is -1.52. The van der Waals surface area contributed by atoms with Crippen LogP contribution in [0.3, 0.4) is 0 Å². The summed E-state index contributed by atoms with van der Waals surface area (Å²) in [4.78, 5) is 8.58. The summed E-state index contributed by atoms with van der Waals surface area (Å²) in [6.45, 7) is -5.33. The second kappa shape index (κ2) is 50.1. The van der Waals surface area contributed by atoms with E-state index in [2.05, 4.69) is 5.32 Å². The fourth-order valence-corrected chi connectivity index (χ4v) is 13.1. The van der Waals surface area contributed by atoms with E-state index >= 15 is 0 Å². The van der Waals surface area contributed by atoms with Crippen LogP contribution >= 0.6 is 0 Å². The molecule has 612 valence electrons. The van der Waals surface area contributed by atoms with Crippen molar-refractivity contribution in [1.29, 1.82) is 0 Å². The van der Waals surface area contributed by atoms with Gasteiger partial charge in [-0.1, -0.05) is 0 Å². The van der Waals surface area contributed by atoms with Gasteiger partial charge in [0.15, 0.2) is 0 Å². The van der Waals surface area contributed by atoms with Crippen molar-refractivity contribution >= 4 is 0 Å². The SMILES string of the molecule is CC1C(O)C(O)C(O)CN1C(CO)CO.OCC(CO)N1C(CO)C(O)C(O)C(O)C1CO.OCC(CO)N1CC(O)C(O)C(O)C1CO.OCC(CO)N1CC(O)C(O)C(O)C1CO.OCC(CO)NCC1C(O)C(O)C(O)C(CO)N1C(CO)CO.OCCN1CC(O)C(O)C(O)C1CO. The van der Waals surface area contributed by atoms with E-state index in [1.165, 1.54) is 19.6 Å². The highest BCUT2D eigenvalue weighted by Crippen LogP contribution is 2.30. The van der Waals surface area contributed by atoms with E-state index in [1.807, 2.05) is 0 Å². The zero-order valence-corrected chi connectivity index (χ0v) is 56.9. The predicted molar refractivity (Wildman–Crippen MR) is 345 cm³/mol. The Labute approximate surface area is 588 Å². The van der Waals surface area contributed by atoms with E-state index in [1.54, 1.807) is 16.7 Å². The number of β-amino-alcohol motifs (C(OH)–C–C–N with tert-alkyl or cyclic N) is 5. The average Bonchev–Trinajstić information content (AvgIpc) is 0.791. The summed E-state index contributed by atoms with van der Waals surface area (Å²) in [6.07, 6.45) is -23.2. The Bertz CT molecular complexity index is 2040. The van der Waals surface area contributed by atoms with Gasteiger partial charge in [0.05, 0.1) is 241 Å². The van der Waals surface area contributed by atoms with Crippen LogP contribution < -0.4 is 5.32 Å². The summed E-state index contributed by atoms with van der Waals surface area (Å²) in [5, 5.41) is 349. The molecular formula is C58H123N7O37. The standard InChI is InChI=1S/C13H28N2O8.C10H21NO7.2C9H19NO6.C9H19NO5.C8H17NO5/c16-2-7(3-17)14-1-9-11(21)13(23)12(22)10(6-20)15(9)8(4-18)5-19;12-1-5(2-13)11-6(3-14)8(16)10(18)9(17)7(11)4-15;2*11-2-5(3-12)10-1-7(14)9(16)8(15)6(10)4-13;1-5-8(14)9(15)7(13)2-10(5)6(3-11)4-12;10-2-1-9-3-6(12)8(14)7(13)5(9)4-11/h7-14,16-23H,1-6H2;5-10,12-18H,1-4H2;2*5-9,11-16H,1-4H2;5-9,11-15H,2-4H2,1H3;5-8,10-14H,1-4H2. The van der Waals surface area contributed by atoms with Crippen LogP contribution in [-0.2, 0) is 0 Å². The molecule has 0 aliphatic carbocycles. The van der Waals surface area contributed by atoms with Gasteiger partial charge in [-0.15, -0.1) is 0 Å². The summed E-state index contributed by atoms with van der Waals surface area (Å²) in [5.41, 5.74) is 0. The molecular weight excluding hydrogens is 1390 g/mol. The first-order valence-corrected chi connectivity index (χ1v) is 33.4. The van der Waals surface area contributed by atoms with Crippen LogP contribution in [0.2, 0.25) is 0 Å². The minimum Gasteiger partial charge on any atom is -0.395 e. The lowest BCUT2D eigenvalue weighted by atomic mass is 9.86. The number of hydrogen-bond acceptors (Lipinski definition) is 44. The Morgan fingerprint density at radius 2 is 0.520 bits per heavy atom. The molecule has 6 aliphatic rings. The van der Waals surface area contributed by atoms with Gasteiger partial charge in [-0.25, -0.2) is 0 Å². The molecule has 0 aromatic heterocycles. The van der Waals surface area contributed by atoms with Crippen LogP contribution in [0.5, 0.6) is 0 Å². The van der Waals surface area contributed by atoms with Crippen molar-refractivity contribution in [3.63, 3.8) is 0 Å². The van der Waals surface area contributed by atoms with Crippen LogP contribution in [0.25, 0.3) is 0 Å². The van der Waals surface area contributed by atoms with Crippen molar-refractivity contribution in [3.05, 3.63) is 0 Å². The molecule has 0 spiro atoms. The Kier molecular flexibility index (Phi) is 48.3. The summed E-state index contributed by atoms with van der Waals surface area (Å²) in [5.74, 6) is 0. The minimum absolute atomic E-state index is 0.0102. The van der Waals surface area contributed by atoms with Gasteiger partial charge in [0.1, 0.15) is 73.2 Å². The van der Waals surface area contributed by atoms with Crippen LogP contribution in [-0.4, -0.2) is 578 Å². The Balaban J connectivity index is 0.000000617. The molecule has 6 saturated heterocycles. The normalized spacial score (nSPS) is 36.9. The number of likely N-dealkylation sites (tertiary alicyclic amines) is 6. The number of hydrogen-bond donors (Lipinski definition) is 38. The molecule has 102 heavy (non-hydrogen) atoms. The molecule has 44 nitrogen and oxygen atoms in total. The van der Waals surface area contributed by atoms with Gasteiger partial charge in [-0.05, 0) is 6.92 Å². The first kappa shape index (κ1) is 98.2. The fraction of sp³-hybridized carbons (Fsp3) is 1.00. The van der Waals surface area contributed by atoms with E-state index in [-0.39, 0.29) is 105 Å². The molecule has 0 radical (unpaired) electrons. The summed E-state index contributed by atoms with van der Waals surface area (Å²) < 4.78 is 0. The van der Waals surface area contributed by atoms with Gasteiger partial charge in [0, 0.05) is 45.3 Å². The van der Waals surface area contributed by atoms with E-state index in [0.717, 1.165) is 0 Å². The molecule has 25 unspecified atom stereocenters. The second-order valence-corrected chi connectivity index (χ2v) is 25.7. The largest absolute Gasteiger partial charge is 0.395 e. The molecule has 38 N–H and O–H groups in total. The maximum absolute atomic E-state index is 10.2. The molecule has 25 atom stereocenters. The highest BCUT2D eigenvalue weighted by Gasteiger charge is 2.52. The average molecular weight is 1510 g/mol. The van der Waals surface area contributed by atoms with Gasteiger partial charge in [0.2, 0.25) is 0 Å². The molecule has 6 heterocycles. The number of nitrogens with zero attached hydrogens (tertiary/aromatic N) is 6. The molecule has 0 aromatic rings. The molecule has 0 amide bonds. The Morgan fingerprint density at radius 3 is 0.814 bits per heavy atom. The van der Waals surface area contributed by atoms with Crippen LogP contribution in [0.15, 0.2) is 0 Å². The monoisotopic (exact) mass is 1510 g/mol. The predicted octanol–water partition coefficient (Wildman–Crippen LogP) is -24.1. The zero-order chi connectivity index (χ0) is 78.3. The highest BCUT2D eigenvalue weighted by atomic mass is 16.4. The third kappa shape index (κ3) is 25.7. The lowest BCUT2D eigenvalue weighted by Gasteiger charge is -2.51. The van der Waals surface area contributed by atoms with Crippen LogP contribution in [0.4, 0.5) is 0 Å². The quantitative estimate of drug-likeness (QED) is 0.0346. The van der Waals surface area contributed by atoms with Gasteiger partial charge in [-0.3, -0.25) is 29.4 Å². The molecule has 44 heteroatoms. The van der Waals surface area contributed by atoms with E-state index in [0.29, 0.717) is 0 Å². The van der Waals surface area contributed by atoms with Crippen molar-refractivity contribution in [1.82, 2.24) is 34.7 Å². The van der Waals surface area contributed by atoms with Gasteiger partial charge in [-0.2, -0.15) is 0 Å². The lowest BCUT2D eigenvalue weighted by Crippen LogP contribution is -2.72. The van der Waals surface area contributed by atoms with Gasteiger partial charge in [0.25, 0.3) is 0 Å². The molecule has 6 fully saturated rings. The summed E-state index contributed by atoms with van der Waals surface area (Å²) in [7, 11) is 0. The first-order valence-electron chi connectivity index (χ1n) is 33.4. The Hall–Kier alpha value is -1.76. The first-order chi connectivity index (χ1) is 48.2. The smallest absolute Gasteiger partial charge is 0.109 e. The topological polar surface area (TPSA) is 780 Å². The van der Waals surface area contributed by atoms with E-state index in [4.69, 9.17) is 71.5 Å². The number of aliphatic hydroxyl groups excluding tert-OH is 37. The maximum atomic E-state index is 10.2. The molecule has 6 rings (SSSR count).